The molecule has 4 fully saturated rings. The Balaban J connectivity index is 2.75. The van der Waals surface area contributed by atoms with Crippen molar-refractivity contribution < 1.29 is 16.5 Å². The van der Waals surface area contributed by atoms with Crippen molar-refractivity contribution in [1.82, 2.24) is 0 Å². The van der Waals surface area contributed by atoms with Crippen molar-refractivity contribution in [2.75, 3.05) is 0 Å². The lowest BCUT2D eigenvalue weighted by atomic mass is 10.5. The van der Waals surface area contributed by atoms with Gasteiger partial charge in [-0.25, -0.2) is 0 Å². The van der Waals surface area contributed by atoms with Crippen LogP contribution in [0.5, 0.6) is 0 Å². The molecule has 4 nitrogen and oxygen atoms in total. The van der Waals surface area contributed by atoms with Crippen LogP contribution in [0.3, 0.4) is 0 Å². The molecule has 0 saturated carbocycles. The lowest BCUT2D eigenvalue weighted by molar-refractivity contribution is 0.296. The van der Waals surface area contributed by atoms with Crippen LogP contribution in [0.1, 0.15) is 194 Å². The fraction of sp³-hybridized carbons (Fsp3) is 1.00. The van der Waals surface area contributed by atoms with E-state index in [1.165, 1.54) is 0 Å². The Morgan fingerprint density at radius 2 is 0.393 bits per heavy atom. The maximum absolute atomic E-state index is 9.23. The first-order valence-corrected chi connectivity index (χ1v) is 53.4. The van der Waals surface area contributed by atoms with Crippen LogP contribution in [-0.2, 0) is 16.5 Å². The summed E-state index contributed by atoms with van der Waals surface area (Å²) in [5.41, 5.74) is 8.43. The van der Waals surface area contributed by atoms with Crippen LogP contribution in [0.2, 0.25) is 77.6 Å². The second-order valence-corrected chi connectivity index (χ2v) is 118. The van der Waals surface area contributed by atoms with Crippen LogP contribution in [0.15, 0.2) is 0 Å². The zero-order chi connectivity index (χ0) is 43.9. The molecule has 4 saturated heterocycles. The fourth-order valence-electron chi connectivity index (χ4n) is 19.7. The minimum Gasteiger partial charge on any atom is -0.440 e. The lowest BCUT2D eigenvalue weighted by Gasteiger charge is -2.71. The number of hydrogen-bond donors (Lipinski definition) is 0. The lowest BCUT2D eigenvalue weighted by Crippen LogP contribution is -3.03. The molecular weight excluding hydrogens is 849 g/mol. The molecule has 4 rings (SSSR count). The largest absolute Gasteiger partial charge is 0.440 e. The molecule has 0 spiro atoms. The van der Waals surface area contributed by atoms with Gasteiger partial charge in [0.2, 0.25) is 0 Å². The van der Waals surface area contributed by atoms with E-state index in [1.54, 1.807) is 0 Å². The summed E-state index contributed by atoms with van der Waals surface area (Å²) in [6.07, 6.45) is 0. The second kappa shape index (κ2) is 15.3. The summed E-state index contributed by atoms with van der Waals surface area (Å²) >= 11 is 0. The average molecular weight is 948 g/mol. The maximum Gasteiger partial charge on any atom is 0.296 e. The highest BCUT2D eigenvalue weighted by atomic mass is 30.4. The van der Waals surface area contributed by atoms with Gasteiger partial charge in [-0.05, 0) is 38.8 Å². The summed E-state index contributed by atoms with van der Waals surface area (Å²) in [6, 6.07) is 0. The second-order valence-electron chi connectivity index (χ2n) is 24.3. The van der Waals surface area contributed by atoms with Gasteiger partial charge in [0, 0.05) is 0 Å². The molecule has 0 amide bonds. The molecule has 0 aromatic rings. The molecule has 0 aliphatic carbocycles. The summed E-state index contributed by atoms with van der Waals surface area (Å²) in [5, 5.41) is 0. The molecule has 4 aliphatic heterocycles. The molecule has 0 aromatic heterocycles. The first-order chi connectivity index (χ1) is 25.3. The van der Waals surface area contributed by atoms with Crippen LogP contribution < -0.4 is 0 Å². The van der Waals surface area contributed by atoms with Gasteiger partial charge in [-0.1, -0.05) is 233 Å². The smallest absolute Gasteiger partial charge is 0.296 e. The molecular formula is C42H98O4Si10. The quantitative estimate of drug-likeness (QED) is 0.163. The van der Waals surface area contributed by atoms with Gasteiger partial charge < -0.3 is 16.5 Å². The van der Waals surface area contributed by atoms with Gasteiger partial charge in [-0.2, -0.15) is 0 Å². The van der Waals surface area contributed by atoms with Gasteiger partial charge in [-0.15, -0.1) is 0 Å². The van der Waals surface area contributed by atoms with E-state index in [2.05, 4.69) is 194 Å². The minimum atomic E-state index is -3.00. The topological polar surface area (TPSA) is 36.9 Å². The monoisotopic (exact) mass is 947 g/mol. The zero-order valence-electron chi connectivity index (χ0n) is 42.7. The molecule has 14 heteroatoms. The fourth-order valence-corrected chi connectivity index (χ4v) is 489. The third-order valence-electron chi connectivity index (χ3n) is 18.7. The van der Waals surface area contributed by atoms with Crippen LogP contribution in [-0.4, -0.2) is 74.0 Å². The molecule has 330 valence electrons. The molecule has 0 radical (unpaired) electrons. The van der Waals surface area contributed by atoms with E-state index >= 15 is 0 Å². The molecule has 4 unspecified atom stereocenters. The number of hydrogen-bond acceptors (Lipinski definition) is 4. The predicted molar refractivity (Wildman–Crippen MR) is 273 cm³/mol. The highest BCUT2D eigenvalue weighted by Crippen LogP contribution is 2.83. The third-order valence-corrected chi connectivity index (χ3v) is 249. The zero-order valence-corrected chi connectivity index (χ0v) is 52.7. The Labute approximate surface area is 359 Å². The molecule has 4 heterocycles. The van der Waals surface area contributed by atoms with Crippen molar-refractivity contribution in [3.05, 3.63) is 0 Å². The van der Waals surface area contributed by atoms with Gasteiger partial charge in [0.05, 0.1) is 14.2 Å². The molecule has 0 bridgehead atoms. The van der Waals surface area contributed by atoms with Crippen LogP contribution >= 0.6 is 0 Å². The molecule has 4 atom stereocenters. The van der Waals surface area contributed by atoms with Crippen LogP contribution in [0.25, 0.3) is 0 Å². The van der Waals surface area contributed by atoms with Crippen molar-refractivity contribution >= 4 is 74.0 Å². The van der Waals surface area contributed by atoms with Crippen molar-refractivity contribution in [1.29, 1.82) is 0 Å². The summed E-state index contributed by atoms with van der Waals surface area (Å²) < 4.78 is 36.7. The van der Waals surface area contributed by atoms with Gasteiger partial charge in [0.15, 0.2) is 15.7 Å². The van der Waals surface area contributed by atoms with Crippen molar-refractivity contribution in [3.63, 3.8) is 0 Å². The summed E-state index contributed by atoms with van der Waals surface area (Å²) in [5.74, 6) is 0. The van der Waals surface area contributed by atoms with Gasteiger partial charge in [0.25, 0.3) is 24.2 Å². The Hall–Kier alpha value is 2.01. The van der Waals surface area contributed by atoms with E-state index in [9.17, 15) is 8.23 Å². The summed E-state index contributed by atoms with van der Waals surface area (Å²) in [4.78, 5) is 0. The van der Waals surface area contributed by atoms with Crippen LogP contribution in [0, 0.1) is 0 Å². The summed E-state index contributed by atoms with van der Waals surface area (Å²) in [6.45, 7) is 69.0. The van der Waals surface area contributed by atoms with Crippen molar-refractivity contribution in [2.24, 2.45) is 0 Å². The standard InChI is InChI=1S/C42H98O4Si10/c1-29(2)47(30(3)4)43-51(37(17)18)45-53(39(21)22)46-52(38(19)20)44-48(31(5)6,32(7)8)50(35(13)14,36(15)16)55(52,41(25)26)56(53,42(27)28)54(51,40(23)24)49(47,33(9)10)34(11)12/h29-42H,1-28H3. The molecule has 56 heavy (non-hydrogen) atoms. The number of rotatable bonds is 14. The van der Waals surface area contributed by atoms with Gasteiger partial charge >= 0.3 is 0 Å². The van der Waals surface area contributed by atoms with E-state index in [-0.39, 0.29) is 0 Å². The third kappa shape index (κ3) is 4.65. The van der Waals surface area contributed by atoms with Crippen molar-refractivity contribution in [2.45, 2.75) is 271 Å². The normalized spacial score (nSPS) is 37.4. The Morgan fingerprint density at radius 1 is 0.196 bits per heavy atom. The molecule has 0 aromatic carbocycles. The first-order valence-electron chi connectivity index (χ1n) is 24.1. The van der Waals surface area contributed by atoms with Gasteiger partial charge in [0.1, 0.15) is 19.9 Å². The minimum absolute atomic E-state index is 0.429. The van der Waals surface area contributed by atoms with Gasteiger partial charge in [-0.3, -0.25) is 0 Å². The SMILES string of the molecule is CC(C)[Si]12O[Si]3(C(C)C)O[Si]4(C(C)C)O[Si](C(C)C)(C(C)C)[Si](C(C)C)(C(C)C)[Si]4(C(C)C)[Si]3(C(C)C)[Si]1(C(C)C)[Si](C(C)C)(C(C)C)[Si](C(C)C)(C(C)C)O2. The predicted octanol–water partition coefficient (Wildman–Crippen LogP) is 15.0. The molecule has 0 N–H and O–H groups in total. The average Bonchev–Trinajstić information content (AvgIpc) is 3.61. The van der Waals surface area contributed by atoms with Crippen molar-refractivity contribution in [3.8, 4) is 0 Å². The van der Waals surface area contributed by atoms with E-state index in [0.717, 1.165) is 0 Å². The highest BCUT2D eigenvalue weighted by molar-refractivity contribution is 8.28. The number of fused-ring (bicyclic) bond motifs is 5. The van der Waals surface area contributed by atoms with E-state index in [1.807, 2.05) is 0 Å². The Kier molecular flexibility index (Phi) is 13.9. The maximum atomic E-state index is 9.23. The Bertz CT molecular complexity index is 1320. The summed E-state index contributed by atoms with van der Waals surface area (Å²) in [7, 11) is -18.6. The Morgan fingerprint density at radius 3 is 0.536 bits per heavy atom. The first kappa shape index (κ1) is 50.7. The van der Waals surface area contributed by atoms with E-state index in [4.69, 9.17) is 8.23 Å². The van der Waals surface area contributed by atoms with Crippen LogP contribution in [0.4, 0.5) is 0 Å². The highest BCUT2D eigenvalue weighted by Gasteiger charge is 3.10. The van der Waals surface area contributed by atoms with E-state index in [0.29, 0.717) is 77.6 Å². The molecule has 4 aliphatic rings. The van der Waals surface area contributed by atoms with E-state index < -0.39 is 74.0 Å².